The van der Waals surface area contributed by atoms with E-state index in [-0.39, 0.29) is 5.91 Å². The highest BCUT2D eigenvalue weighted by Gasteiger charge is 2.23. The van der Waals surface area contributed by atoms with Gasteiger partial charge in [0, 0.05) is 29.1 Å². The smallest absolute Gasteiger partial charge is 0.254 e. The van der Waals surface area contributed by atoms with Crippen LogP contribution in [0.15, 0.2) is 36.4 Å². The Kier molecular flexibility index (Phi) is 3.62. The van der Waals surface area contributed by atoms with Crippen LogP contribution < -0.4 is 9.47 Å². The Morgan fingerprint density at radius 3 is 2.70 bits per heavy atom. The maximum absolute atomic E-state index is 12.8. The van der Waals surface area contributed by atoms with Crippen molar-refractivity contribution in [3.05, 3.63) is 58.1 Å². The van der Waals surface area contributed by atoms with E-state index in [2.05, 4.69) is 0 Å². The minimum absolute atomic E-state index is 0.0103. The molecule has 0 bridgehead atoms. The molecule has 23 heavy (non-hydrogen) atoms. The number of amides is 1. The number of carbonyl (C=O) groups is 1. The predicted octanol–water partition coefficient (Wildman–Crippen LogP) is 3.31. The number of hydrogen-bond acceptors (Lipinski definition) is 3. The van der Waals surface area contributed by atoms with Crippen molar-refractivity contribution >= 4 is 17.5 Å². The molecule has 0 atom stereocenters. The van der Waals surface area contributed by atoms with E-state index in [0.29, 0.717) is 36.9 Å². The summed E-state index contributed by atoms with van der Waals surface area (Å²) < 4.78 is 11.2. The number of hydrogen-bond donors (Lipinski definition) is 0. The standard InChI is InChI=1S/C18H16ClNO3/c19-15-2-4-17-14(10-15)11-20(6-8-23-17)18(21)13-1-3-16-12(9-13)5-7-22-16/h1-4,9-10H,5-8,11H2. The van der Waals surface area contributed by atoms with Gasteiger partial charge < -0.3 is 14.4 Å². The third-order valence-electron chi connectivity index (χ3n) is 4.23. The number of fused-ring (bicyclic) bond motifs is 2. The normalized spacial score (nSPS) is 16.0. The molecule has 0 radical (unpaired) electrons. The number of halogens is 1. The average molecular weight is 330 g/mol. The Hall–Kier alpha value is -2.20. The second kappa shape index (κ2) is 5.78. The van der Waals surface area contributed by atoms with E-state index in [1.165, 1.54) is 0 Å². The molecule has 0 saturated carbocycles. The molecule has 0 N–H and O–H groups in total. The fourth-order valence-electron chi connectivity index (χ4n) is 3.04. The molecule has 0 saturated heterocycles. The monoisotopic (exact) mass is 329 g/mol. The molecule has 2 aliphatic rings. The molecule has 0 aliphatic carbocycles. The van der Waals surface area contributed by atoms with Crippen LogP contribution in [0.25, 0.3) is 0 Å². The van der Waals surface area contributed by atoms with E-state index in [0.717, 1.165) is 29.0 Å². The molecule has 2 aliphatic heterocycles. The van der Waals surface area contributed by atoms with Crippen LogP contribution in [0.4, 0.5) is 0 Å². The quantitative estimate of drug-likeness (QED) is 0.805. The van der Waals surface area contributed by atoms with Gasteiger partial charge in [-0.15, -0.1) is 0 Å². The number of benzene rings is 2. The third-order valence-corrected chi connectivity index (χ3v) is 4.46. The van der Waals surface area contributed by atoms with Crippen LogP contribution in [-0.2, 0) is 13.0 Å². The maximum Gasteiger partial charge on any atom is 0.254 e. The molecule has 4 rings (SSSR count). The van der Waals surface area contributed by atoms with Crippen molar-refractivity contribution in [3.63, 3.8) is 0 Å². The lowest BCUT2D eigenvalue weighted by Crippen LogP contribution is -2.32. The average Bonchev–Trinajstić information content (AvgIpc) is 2.92. The molecule has 0 unspecified atom stereocenters. The summed E-state index contributed by atoms with van der Waals surface area (Å²) in [6.45, 7) is 2.23. The molecule has 1 amide bonds. The van der Waals surface area contributed by atoms with Crippen molar-refractivity contribution in [2.45, 2.75) is 13.0 Å². The third kappa shape index (κ3) is 2.75. The molecule has 0 fully saturated rings. The van der Waals surface area contributed by atoms with E-state index in [1.54, 1.807) is 11.0 Å². The lowest BCUT2D eigenvalue weighted by molar-refractivity contribution is 0.0733. The van der Waals surface area contributed by atoms with E-state index < -0.39 is 0 Å². The Morgan fingerprint density at radius 1 is 1.00 bits per heavy atom. The van der Waals surface area contributed by atoms with Crippen molar-refractivity contribution in [3.8, 4) is 11.5 Å². The molecular formula is C18H16ClNO3. The van der Waals surface area contributed by atoms with Gasteiger partial charge >= 0.3 is 0 Å². The number of nitrogens with zero attached hydrogens (tertiary/aromatic N) is 1. The molecule has 2 aromatic carbocycles. The van der Waals surface area contributed by atoms with E-state index in [4.69, 9.17) is 21.1 Å². The highest BCUT2D eigenvalue weighted by molar-refractivity contribution is 6.30. The highest BCUT2D eigenvalue weighted by Crippen LogP contribution is 2.29. The SMILES string of the molecule is O=C(c1ccc2c(c1)CCO2)N1CCOc2ccc(Cl)cc2C1. The molecule has 4 nitrogen and oxygen atoms in total. The van der Waals surface area contributed by atoms with Crippen molar-refractivity contribution in [1.29, 1.82) is 0 Å². The first-order valence-electron chi connectivity index (χ1n) is 7.67. The highest BCUT2D eigenvalue weighted by atomic mass is 35.5. The summed E-state index contributed by atoms with van der Waals surface area (Å²) in [4.78, 5) is 14.6. The Morgan fingerprint density at radius 2 is 1.78 bits per heavy atom. The molecule has 2 aromatic rings. The van der Waals surface area contributed by atoms with E-state index in [1.807, 2.05) is 30.3 Å². The molecule has 0 aromatic heterocycles. The van der Waals surface area contributed by atoms with Crippen LogP contribution in [0.5, 0.6) is 11.5 Å². The molecule has 0 spiro atoms. The molecule has 5 heteroatoms. The molecular weight excluding hydrogens is 314 g/mol. The van der Waals surface area contributed by atoms with Crippen LogP contribution >= 0.6 is 11.6 Å². The Balaban J connectivity index is 1.61. The first kappa shape index (κ1) is 14.4. The summed E-state index contributed by atoms with van der Waals surface area (Å²) >= 11 is 6.07. The van der Waals surface area contributed by atoms with Crippen molar-refractivity contribution in [2.75, 3.05) is 19.8 Å². The van der Waals surface area contributed by atoms with Gasteiger partial charge in [-0.25, -0.2) is 0 Å². The second-order valence-electron chi connectivity index (χ2n) is 5.75. The zero-order chi connectivity index (χ0) is 15.8. The number of carbonyl (C=O) groups excluding carboxylic acids is 1. The lowest BCUT2D eigenvalue weighted by atomic mass is 10.1. The van der Waals surface area contributed by atoms with Crippen LogP contribution in [0, 0.1) is 0 Å². The lowest BCUT2D eigenvalue weighted by Gasteiger charge is -2.20. The van der Waals surface area contributed by atoms with Crippen LogP contribution in [0.3, 0.4) is 0 Å². The Bertz CT molecular complexity index is 775. The topological polar surface area (TPSA) is 38.8 Å². The molecule has 2 heterocycles. The fourth-order valence-corrected chi connectivity index (χ4v) is 3.23. The van der Waals surface area contributed by atoms with Gasteiger partial charge in [0.2, 0.25) is 0 Å². The molecule has 118 valence electrons. The zero-order valence-corrected chi connectivity index (χ0v) is 13.3. The summed E-state index contributed by atoms with van der Waals surface area (Å²) in [5.74, 6) is 1.70. The first-order chi connectivity index (χ1) is 11.2. The first-order valence-corrected chi connectivity index (χ1v) is 8.05. The largest absolute Gasteiger partial charge is 0.493 e. The van der Waals surface area contributed by atoms with Gasteiger partial charge in [-0.3, -0.25) is 4.79 Å². The van der Waals surface area contributed by atoms with Crippen molar-refractivity contribution in [2.24, 2.45) is 0 Å². The van der Waals surface area contributed by atoms with Crippen LogP contribution in [0.1, 0.15) is 21.5 Å². The summed E-state index contributed by atoms with van der Waals surface area (Å²) in [5, 5.41) is 0.649. The van der Waals surface area contributed by atoms with Gasteiger partial charge in [-0.1, -0.05) is 11.6 Å². The summed E-state index contributed by atoms with van der Waals surface area (Å²) in [6.07, 6.45) is 0.859. The van der Waals surface area contributed by atoms with Crippen LogP contribution in [0.2, 0.25) is 5.02 Å². The van der Waals surface area contributed by atoms with Gasteiger partial charge in [0.25, 0.3) is 5.91 Å². The summed E-state index contributed by atoms with van der Waals surface area (Å²) in [5.41, 5.74) is 2.73. The van der Waals surface area contributed by atoms with Gasteiger partial charge in [-0.05, 0) is 42.0 Å². The zero-order valence-electron chi connectivity index (χ0n) is 12.5. The maximum atomic E-state index is 12.8. The predicted molar refractivity (Wildman–Crippen MR) is 87.3 cm³/mol. The van der Waals surface area contributed by atoms with Crippen molar-refractivity contribution in [1.82, 2.24) is 4.90 Å². The van der Waals surface area contributed by atoms with Gasteiger partial charge in [0.15, 0.2) is 0 Å². The van der Waals surface area contributed by atoms with Gasteiger partial charge in [0.1, 0.15) is 18.1 Å². The Labute approximate surface area is 139 Å². The number of ether oxygens (including phenoxy) is 2. The van der Waals surface area contributed by atoms with Crippen molar-refractivity contribution < 1.29 is 14.3 Å². The van der Waals surface area contributed by atoms with E-state index in [9.17, 15) is 4.79 Å². The van der Waals surface area contributed by atoms with Crippen LogP contribution in [-0.4, -0.2) is 30.6 Å². The summed E-state index contributed by atoms with van der Waals surface area (Å²) in [6, 6.07) is 11.2. The fraction of sp³-hybridized carbons (Fsp3) is 0.278. The van der Waals surface area contributed by atoms with E-state index >= 15 is 0 Å². The summed E-state index contributed by atoms with van der Waals surface area (Å²) in [7, 11) is 0. The second-order valence-corrected chi connectivity index (χ2v) is 6.18. The van der Waals surface area contributed by atoms with Gasteiger partial charge in [0.05, 0.1) is 13.2 Å². The number of rotatable bonds is 1. The minimum Gasteiger partial charge on any atom is -0.493 e. The minimum atomic E-state index is 0.0103. The van der Waals surface area contributed by atoms with Gasteiger partial charge in [-0.2, -0.15) is 0 Å².